The number of anilines is 1. The van der Waals surface area contributed by atoms with Crippen molar-refractivity contribution in [3.63, 3.8) is 0 Å². The van der Waals surface area contributed by atoms with E-state index < -0.39 is 0 Å². The highest BCUT2D eigenvalue weighted by atomic mass is 16.5. The van der Waals surface area contributed by atoms with Crippen molar-refractivity contribution in [2.45, 2.75) is 0 Å². The van der Waals surface area contributed by atoms with Crippen molar-refractivity contribution in [3.8, 4) is 0 Å². The first-order chi connectivity index (χ1) is 12.3. The smallest absolute Gasteiger partial charge is 0.255 e. The van der Waals surface area contributed by atoms with Gasteiger partial charge in [-0.1, -0.05) is 36.4 Å². The van der Waals surface area contributed by atoms with E-state index in [2.05, 4.69) is 10.3 Å². The van der Waals surface area contributed by atoms with Gasteiger partial charge in [0, 0.05) is 16.8 Å². The summed E-state index contributed by atoms with van der Waals surface area (Å²) in [6.07, 6.45) is 0. The Labute approximate surface area is 146 Å². The zero-order valence-electron chi connectivity index (χ0n) is 13.8. The summed E-state index contributed by atoms with van der Waals surface area (Å²) in [6, 6.07) is 26.1. The third-order valence-corrected chi connectivity index (χ3v) is 3.61. The van der Waals surface area contributed by atoms with Crippen molar-refractivity contribution >= 4 is 23.2 Å². The van der Waals surface area contributed by atoms with Crippen LogP contribution in [0, 0.1) is 0 Å². The molecule has 0 saturated carbocycles. The van der Waals surface area contributed by atoms with Crippen molar-refractivity contribution in [2.24, 2.45) is 4.99 Å². The van der Waals surface area contributed by atoms with E-state index in [4.69, 9.17) is 4.74 Å². The number of carbonyl (C=O) groups excluding carboxylic acids is 1. The van der Waals surface area contributed by atoms with Gasteiger partial charge < -0.3 is 10.1 Å². The molecule has 0 unspecified atom stereocenters. The Bertz CT molecular complexity index is 857. The Kier molecular flexibility index (Phi) is 5.22. The third-order valence-electron chi connectivity index (χ3n) is 3.61. The number of carbonyl (C=O) groups is 1. The molecule has 0 saturated heterocycles. The Balaban J connectivity index is 1.77. The van der Waals surface area contributed by atoms with Gasteiger partial charge in [0.05, 0.1) is 12.8 Å². The molecule has 0 aromatic heterocycles. The maximum absolute atomic E-state index is 12.3. The number of hydrogen-bond acceptors (Lipinski definition) is 3. The normalized spacial score (nSPS) is 11.0. The number of rotatable bonds is 4. The lowest BCUT2D eigenvalue weighted by molar-refractivity contribution is 0.102. The van der Waals surface area contributed by atoms with Gasteiger partial charge in [0.2, 0.25) is 5.90 Å². The van der Waals surface area contributed by atoms with Gasteiger partial charge in [-0.3, -0.25) is 4.79 Å². The quantitative estimate of drug-likeness (QED) is 0.558. The summed E-state index contributed by atoms with van der Waals surface area (Å²) in [5.74, 6) is 0.345. The van der Waals surface area contributed by atoms with Crippen molar-refractivity contribution in [1.29, 1.82) is 0 Å². The molecule has 4 heteroatoms. The molecule has 0 fully saturated rings. The summed E-state index contributed by atoms with van der Waals surface area (Å²) in [5, 5.41) is 2.86. The molecular formula is C21H18N2O2. The third kappa shape index (κ3) is 4.32. The van der Waals surface area contributed by atoms with Crippen LogP contribution in [0.5, 0.6) is 0 Å². The highest BCUT2D eigenvalue weighted by Gasteiger charge is 2.08. The highest BCUT2D eigenvalue weighted by molar-refractivity contribution is 6.05. The minimum atomic E-state index is -0.156. The van der Waals surface area contributed by atoms with Crippen LogP contribution in [-0.2, 0) is 4.74 Å². The minimum Gasteiger partial charge on any atom is -0.481 e. The van der Waals surface area contributed by atoms with Crippen molar-refractivity contribution < 1.29 is 9.53 Å². The van der Waals surface area contributed by atoms with Gasteiger partial charge in [0.15, 0.2) is 0 Å². The Morgan fingerprint density at radius 2 is 1.36 bits per heavy atom. The summed E-state index contributed by atoms with van der Waals surface area (Å²) in [5.41, 5.74) is 2.95. The molecule has 3 aromatic rings. The first-order valence-corrected chi connectivity index (χ1v) is 7.91. The first kappa shape index (κ1) is 16.5. The largest absolute Gasteiger partial charge is 0.481 e. The second kappa shape index (κ2) is 7.93. The first-order valence-electron chi connectivity index (χ1n) is 7.91. The SMILES string of the molecule is COC(=Nc1ccccc1)c1ccc(C(=O)Nc2ccccc2)cc1. The fourth-order valence-corrected chi connectivity index (χ4v) is 2.34. The molecule has 0 aliphatic rings. The molecule has 0 aliphatic heterocycles. The van der Waals surface area contributed by atoms with Crippen LogP contribution in [0.1, 0.15) is 15.9 Å². The molecule has 0 heterocycles. The van der Waals surface area contributed by atoms with Crippen LogP contribution in [0.2, 0.25) is 0 Å². The molecule has 0 spiro atoms. The van der Waals surface area contributed by atoms with Crippen LogP contribution in [0.3, 0.4) is 0 Å². The Morgan fingerprint density at radius 1 is 0.800 bits per heavy atom. The molecule has 1 amide bonds. The lowest BCUT2D eigenvalue weighted by Crippen LogP contribution is -2.12. The van der Waals surface area contributed by atoms with Gasteiger partial charge in [-0.25, -0.2) is 4.99 Å². The number of amides is 1. The average Bonchev–Trinajstić information content (AvgIpc) is 2.68. The molecule has 0 radical (unpaired) electrons. The molecule has 4 nitrogen and oxygen atoms in total. The van der Waals surface area contributed by atoms with Gasteiger partial charge in [-0.2, -0.15) is 0 Å². The topological polar surface area (TPSA) is 50.7 Å². The van der Waals surface area contributed by atoms with E-state index in [-0.39, 0.29) is 5.91 Å². The van der Waals surface area contributed by atoms with Gasteiger partial charge in [0.25, 0.3) is 5.91 Å². The molecule has 0 aliphatic carbocycles. The number of para-hydroxylation sites is 2. The minimum absolute atomic E-state index is 0.156. The summed E-state index contributed by atoms with van der Waals surface area (Å²) in [6.45, 7) is 0. The highest BCUT2D eigenvalue weighted by Crippen LogP contribution is 2.15. The summed E-state index contributed by atoms with van der Waals surface area (Å²) in [7, 11) is 1.58. The lowest BCUT2D eigenvalue weighted by atomic mass is 10.1. The Hall–Kier alpha value is -3.40. The average molecular weight is 330 g/mol. The molecule has 25 heavy (non-hydrogen) atoms. The van der Waals surface area contributed by atoms with Gasteiger partial charge in [0.1, 0.15) is 0 Å². The van der Waals surface area contributed by atoms with Gasteiger partial charge in [-0.15, -0.1) is 0 Å². The van der Waals surface area contributed by atoms with Crippen molar-refractivity contribution in [3.05, 3.63) is 96.1 Å². The second-order valence-corrected chi connectivity index (χ2v) is 5.35. The van der Waals surface area contributed by atoms with E-state index in [1.165, 1.54) is 0 Å². The number of ether oxygens (including phenoxy) is 1. The lowest BCUT2D eigenvalue weighted by Gasteiger charge is -2.08. The second-order valence-electron chi connectivity index (χ2n) is 5.35. The van der Waals surface area contributed by atoms with E-state index in [0.29, 0.717) is 11.5 Å². The van der Waals surface area contributed by atoms with Crippen LogP contribution in [0.25, 0.3) is 0 Å². The standard InChI is InChI=1S/C21H18N2O2/c1-25-21(23-19-10-6-3-7-11-19)17-14-12-16(13-15-17)20(24)22-18-8-4-2-5-9-18/h2-15H,1H3,(H,22,24). The number of aliphatic imine (C=N–C) groups is 1. The van der Waals surface area contributed by atoms with E-state index in [9.17, 15) is 4.79 Å². The maximum Gasteiger partial charge on any atom is 0.255 e. The number of nitrogens with one attached hydrogen (secondary N) is 1. The fraction of sp³-hybridized carbons (Fsp3) is 0.0476. The number of nitrogens with zero attached hydrogens (tertiary/aromatic N) is 1. The molecule has 1 N–H and O–H groups in total. The molecule has 3 aromatic carbocycles. The van der Waals surface area contributed by atoms with Gasteiger partial charge in [-0.05, 0) is 48.5 Å². The number of hydrogen-bond donors (Lipinski definition) is 1. The maximum atomic E-state index is 12.3. The predicted octanol–water partition coefficient (Wildman–Crippen LogP) is 4.66. The van der Waals surface area contributed by atoms with Crippen LogP contribution >= 0.6 is 0 Å². The van der Waals surface area contributed by atoms with E-state index in [0.717, 1.165) is 16.9 Å². The van der Waals surface area contributed by atoms with Crippen LogP contribution in [0.15, 0.2) is 89.9 Å². The fourth-order valence-electron chi connectivity index (χ4n) is 2.34. The zero-order chi connectivity index (χ0) is 17.5. The van der Waals surface area contributed by atoms with E-state index in [1.54, 1.807) is 19.2 Å². The Morgan fingerprint density at radius 3 is 1.96 bits per heavy atom. The monoisotopic (exact) mass is 330 g/mol. The molecule has 124 valence electrons. The predicted molar refractivity (Wildman–Crippen MR) is 100 cm³/mol. The van der Waals surface area contributed by atoms with E-state index in [1.807, 2.05) is 72.8 Å². The van der Waals surface area contributed by atoms with Crippen LogP contribution in [-0.4, -0.2) is 18.9 Å². The van der Waals surface area contributed by atoms with Gasteiger partial charge >= 0.3 is 0 Å². The van der Waals surface area contributed by atoms with Crippen molar-refractivity contribution in [1.82, 2.24) is 0 Å². The van der Waals surface area contributed by atoms with Crippen molar-refractivity contribution in [2.75, 3.05) is 12.4 Å². The number of benzene rings is 3. The molecular weight excluding hydrogens is 312 g/mol. The summed E-state index contributed by atoms with van der Waals surface area (Å²) >= 11 is 0. The summed E-state index contributed by atoms with van der Waals surface area (Å²) < 4.78 is 5.39. The molecule has 3 rings (SSSR count). The number of methoxy groups -OCH3 is 1. The van der Waals surface area contributed by atoms with E-state index >= 15 is 0 Å². The van der Waals surface area contributed by atoms with Crippen LogP contribution in [0.4, 0.5) is 11.4 Å². The summed E-state index contributed by atoms with van der Waals surface area (Å²) in [4.78, 5) is 16.8. The van der Waals surface area contributed by atoms with Crippen LogP contribution < -0.4 is 5.32 Å². The molecule has 0 bridgehead atoms. The molecule has 0 atom stereocenters. The zero-order valence-corrected chi connectivity index (χ0v) is 13.8.